The van der Waals surface area contributed by atoms with Crippen LogP contribution in [0.5, 0.6) is 0 Å². The van der Waals surface area contributed by atoms with E-state index in [1.54, 1.807) is 20.9 Å². The Balaban J connectivity index is 2.80. The molecule has 1 aromatic rings. The summed E-state index contributed by atoms with van der Waals surface area (Å²) < 4.78 is 0.866. The summed E-state index contributed by atoms with van der Waals surface area (Å²) >= 11 is 9.12. The number of carbonyl (C=O) groups excluding carboxylic acids is 1. The first kappa shape index (κ1) is 11.5. The number of hydrogen-bond donors (Lipinski definition) is 1. The van der Waals surface area contributed by atoms with Crippen LogP contribution < -0.4 is 5.32 Å². The molecule has 1 aromatic heterocycles. The third kappa shape index (κ3) is 2.48. The number of anilines is 1. The van der Waals surface area contributed by atoms with E-state index in [1.165, 1.54) is 10.9 Å². The number of rotatable bonds is 2. The van der Waals surface area contributed by atoms with E-state index in [9.17, 15) is 4.79 Å². The number of nitrogens with one attached hydrogen (secondary N) is 1. The first-order chi connectivity index (χ1) is 6.32. The van der Waals surface area contributed by atoms with Gasteiger partial charge in [-0.2, -0.15) is 5.10 Å². The van der Waals surface area contributed by atoms with E-state index in [0.29, 0.717) is 10.8 Å². The van der Waals surface area contributed by atoms with Crippen molar-refractivity contribution in [2.45, 2.75) is 18.2 Å². The van der Waals surface area contributed by atoms with Gasteiger partial charge in [-0.15, -0.1) is 0 Å². The number of alkyl halides is 1. The second kappa shape index (κ2) is 3.90. The maximum absolute atomic E-state index is 11.5. The van der Waals surface area contributed by atoms with Crippen molar-refractivity contribution < 1.29 is 4.79 Å². The molecule has 4 nitrogen and oxygen atoms in total. The van der Waals surface area contributed by atoms with Crippen LogP contribution in [0.1, 0.15) is 13.8 Å². The molecule has 0 atom stereocenters. The summed E-state index contributed by atoms with van der Waals surface area (Å²) in [5, 5.41) is 6.99. The summed E-state index contributed by atoms with van der Waals surface area (Å²) in [7, 11) is 1.71. The van der Waals surface area contributed by atoms with Crippen LogP contribution in [0.15, 0.2) is 6.20 Å². The van der Waals surface area contributed by atoms with Crippen molar-refractivity contribution in [3.05, 3.63) is 11.3 Å². The van der Waals surface area contributed by atoms with Crippen LogP contribution in [-0.2, 0) is 11.8 Å². The highest BCUT2D eigenvalue weighted by atomic mass is 79.9. The molecule has 1 N–H and O–H groups in total. The van der Waals surface area contributed by atoms with Gasteiger partial charge in [0.15, 0.2) is 0 Å². The van der Waals surface area contributed by atoms with E-state index in [-0.39, 0.29) is 5.91 Å². The topological polar surface area (TPSA) is 46.9 Å². The Labute approximate surface area is 95.7 Å². The van der Waals surface area contributed by atoms with Gasteiger partial charge >= 0.3 is 0 Å². The smallest absolute Gasteiger partial charge is 0.240 e. The molecule has 0 spiro atoms. The summed E-state index contributed by atoms with van der Waals surface area (Å²) in [6.07, 6.45) is 1.51. The zero-order valence-electron chi connectivity index (χ0n) is 8.14. The lowest BCUT2D eigenvalue weighted by molar-refractivity contribution is -0.117. The van der Waals surface area contributed by atoms with Crippen molar-refractivity contribution in [3.8, 4) is 0 Å². The molecule has 0 fully saturated rings. The molecule has 1 rings (SSSR count). The van der Waals surface area contributed by atoms with Crippen molar-refractivity contribution in [1.29, 1.82) is 0 Å². The molecule has 0 saturated heterocycles. The van der Waals surface area contributed by atoms with E-state index in [2.05, 4.69) is 26.3 Å². The zero-order valence-corrected chi connectivity index (χ0v) is 10.5. The molecule has 0 aliphatic heterocycles. The predicted octanol–water partition coefficient (Wildman–Crippen LogP) is 2.19. The second-order valence-electron chi connectivity index (χ2n) is 3.40. The van der Waals surface area contributed by atoms with Crippen molar-refractivity contribution in [3.63, 3.8) is 0 Å². The normalized spacial score (nSPS) is 11.5. The Morgan fingerprint density at radius 3 is 2.64 bits per heavy atom. The van der Waals surface area contributed by atoms with Gasteiger partial charge in [-0.1, -0.05) is 27.5 Å². The van der Waals surface area contributed by atoms with Gasteiger partial charge < -0.3 is 5.32 Å². The summed E-state index contributed by atoms with van der Waals surface area (Å²) in [6.45, 7) is 3.51. The van der Waals surface area contributed by atoms with E-state index in [4.69, 9.17) is 11.6 Å². The van der Waals surface area contributed by atoms with E-state index >= 15 is 0 Å². The molecule has 0 bridgehead atoms. The van der Waals surface area contributed by atoms with E-state index in [1.807, 2.05) is 0 Å². The molecule has 0 aliphatic rings. The maximum Gasteiger partial charge on any atom is 0.240 e. The van der Waals surface area contributed by atoms with Gasteiger partial charge in [-0.25, -0.2) is 0 Å². The molecule has 0 radical (unpaired) electrons. The minimum Gasteiger partial charge on any atom is -0.321 e. The van der Waals surface area contributed by atoms with E-state index in [0.717, 1.165) is 0 Å². The Morgan fingerprint density at radius 1 is 1.71 bits per heavy atom. The number of nitrogens with zero attached hydrogens (tertiary/aromatic N) is 2. The van der Waals surface area contributed by atoms with Crippen LogP contribution in [-0.4, -0.2) is 20.0 Å². The minimum atomic E-state index is -0.619. The van der Waals surface area contributed by atoms with Gasteiger partial charge in [0, 0.05) is 7.05 Å². The van der Waals surface area contributed by atoms with Gasteiger partial charge in [0.05, 0.1) is 16.2 Å². The lowest BCUT2D eigenvalue weighted by Gasteiger charge is -2.14. The Kier molecular flexibility index (Phi) is 3.21. The number of halogens is 2. The Hall–Kier alpha value is -0.550. The molecular weight excluding hydrogens is 269 g/mol. The lowest BCUT2D eigenvalue weighted by Crippen LogP contribution is -2.30. The largest absolute Gasteiger partial charge is 0.321 e. The summed E-state index contributed by atoms with van der Waals surface area (Å²) in [6, 6.07) is 0. The fourth-order valence-corrected chi connectivity index (χ4v) is 1.02. The van der Waals surface area contributed by atoms with Gasteiger partial charge in [0.1, 0.15) is 5.15 Å². The first-order valence-corrected chi connectivity index (χ1v) is 5.17. The highest BCUT2D eigenvalue weighted by Gasteiger charge is 2.24. The number of aromatic nitrogens is 2. The van der Waals surface area contributed by atoms with Gasteiger partial charge in [-0.3, -0.25) is 9.48 Å². The molecule has 0 aromatic carbocycles. The fraction of sp³-hybridized carbons (Fsp3) is 0.500. The highest BCUT2D eigenvalue weighted by molar-refractivity contribution is 9.10. The van der Waals surface area contributed by atoms with Gasteiger partial charge in [0.25, 0.3) is 0 Å². The van der Waals surface area contributed by atoms with Crippen molar-refractivity contribution in [1.82, 2.24) is 9.78 Å². The first-order valence-electron chi connectivity index (χ1n) is 4.00. The molecule has 0 aliphatic carbocycles. The predicted molar refractivity (Wildman–Crippen MR) is 59.9 cm³/mol. The third-order valence-corrected chi connectivity index (χ3v) is 2.46. The number of aryl methyl sites for hydroxylation is 1. The molecule has 78 valence electrons. The summed E-state index contributed by atoms with van der Waals surface area (Å²) in [5.74, 6) is -0.160. The van der Waals surface area contributed by atoms with Crippen molar-refractivity contribution in [2.75, 3.05) is 5.32 Å². The standard InChI is InChI=1S/C8H11BrClN3O/c1-8(2,9)7(14)12-5-4-11-13(3)6(5)10/h4H,1-3H3,(H,12,14). The average molecular weight is 281 g/mol. The molecule has 14 heavy (non-hydrogen) atoms. The summed E-state index contributed by atoms with van der Waals surface area (Å²) in [5.41, 5.74) is 0.520. The van der Waals surface area contributed by atoms with Crippen LogP contribution in [0.4, 0.5) is 5.69 Å². The van der Waals surface area contributed by atoms with Crippen LogP contribution in [0.3, 0.4) is 0 Å². The zero-order chi connectivity index (χ0) is 10.9. The molecular formula is C8H11BrClN3O. The second-order valence-corrected chi connectivity index (χ2v) is 5.74. The maximum atomic E-state index is 11.5. The van der Waals surface area contributed by atoms with Crippen LogP contribution in [0, 0.1) is 0 Å². The fourth-order valence-electron chi connectivity index (χ4n) is 0.777. The van der Waals surface area contributed by atoms with Crippen LogP contribution >= 0.6 is 27.5 Å². The quantitative estimate of drug-likeness (QED) is 0.844. The van der Waals surface area contributed by atoms with Crippen molar-refractivity contribution >= 4 is 39.1 Å². The highest BCUT2D eigenvalue weighted by Crippen LogP contribution is 2.23. The summed E-state index contributed by atoms with van der Waals surface area (Å²) in [4.78, 5) is 11.5. The molecule has 0 unspecified atom stereocenters. The van der Waals surface area contributed by atoms with Crippen molar-refractivity contribution in [2.24, 2.45) is 7.05 Å². The van der Waals surface area contributed by atoms with Crippen LogP contribution in [0.25, 0.3) is 0 Å². The van der Waals surface area contributed by atoms with Gasteiger partial charge in [-0.05, 0) is 13.8 Å². The number of amides is 1. The SMILES string of the molecule is Cn1ncc(NC(=O)C(C)(C)Br)c1Cl. The molecule has 6 heteroatoms. The number of carbonyl (C=O) groups is 1. The van der Waals surface area contributed by atoms with Crippen LogP contribution in [0.2, 0.25) is 5.15 Å². The lowest BCUT2D eigenvalue weighted by atomic mass is 10.2. The minimum absolute atomic E-state index is 0.160. The third-order valence-electron chi connectivity index (χ3n) is 1.65. The molecule has 0 saturated carbocycles. The average Bonchev–Trinajstić information content (AvgIpc) is 2.34. The van der Waals surface area contributed by atoms with Gasteiger partial charge in [0.2, 0.25) is 5.91 Å². The number of hydrogen-bond acceptors (Lipinski definition) is 2. The Bertz CT molecular complexity index is 356. The molecule has 1 amide bonds. The Morgan fingerprint density at radius 2 is 2.29 bits per heavy atom. The van der Waals surface area contributed by atoms with E-state index < -0.39 is 4.32 Å². The monoisotopic (exact) mass is 279 g/mol. The molecule has 1 heterocycles.